The summed E-state index contributed by atoms with van der Waals surface area (Å²) in [5.41, 5.74) is 3.67. The van der Waals surface area contributed by atoms with Crippen LogP contribution in [0.5, 0.6) is 0 Å². The molecule has 0 saturated carbocycles. The molecule has 0 amide bonds. The van der Waals surface area contributed by atoms with Gasteiger partial charge in [0.1, 0.15) is 16.2 Å². The van der Waals surface area contributed by atoms with Crippen LogP contribution in [0.2, 0.25) is 0 Å². The van der Waals surface area contributed by atoms with Crippen molar-refractivity contribution in [3.63, 3.8) is 0 Å². The lowest BCUT2D eigenvalue weighted by molar-refractivity contribution is -0.143. The van der Waals surface area contributed by atoms with Crippen LogP contribution >= 0.6 is 23.1 Å². The van der Waals surface area contributed by atoms with E-state index in [2.05, 4.69) is 9.97 Å². The smallest absolute Gasteiger partial charge is 0.317 e. The molecule has 0 aliphatic rings. The fraction of sp³-hybridized carbons (Fsp3) is 0.300. The SMILES string of the molecule is Cc1cc(C)c(C(=O)[C@@H](C)OC(=O)CSc2ncnc3sccc23)cc1C. The highest BCUT2D eigenvalue weighted by Gasteiger charge is 2.22. The molecule has 1 atom stereocenters. The van der Waals surface area contributed by atoms with Gasteiger partial charge in [-0.05, 0) is 61.9 Å². The molecule has 3 rings (SSSR count). The van der Waals surface area contributed by atoms with Gasteiger partial charge in [0.15, 0.2) is 6.10 Å². The zero-order valence-corrected chi connectivity index (χ0v) is 17.2. The summed E-state index contributed by atoms with van der Waals surface area (Å²) in [6.07, 6.45) is 0.659. The third-order valence-electron chi connectivity index (χ3n) is 4.34. The van der Waals surface area contributed by atoms with Crippen LogP contribution < -0.4 is 0 Å². The first-order chi connectivity index (χ1) is 12.9. The van der Waals surface area contributed by atoms with E-state index in [0.29, 0.717) is 5.56 Å². The number of benzene rings is 1. The molecule has 3 aromatic rings. The normalized spacial score (nSPS) is 12.1. The van der Waals surface area contributed by atoms with Crippen LogP contribution in [0, 0.1) is 20.8 Å². The molecule has 5 nitrogen and oxygen atoms in total. The fourth-order valence-electron chi connectivity index (χ4n) is 2.74. The van der Waals surface area contributed by atoms with Gasteiger partial charge in [0.2, 0.25) is 5.78 Å². The summed E-state index contributed by atoms with van der Waals surface area (Å²) < 4.78 is 5.36. The van der Waals surface area contributed by atoms with E-state index in [0.717, 1.165) is 31.9 Å². The third kappa shape index (κ3) is 4.36. The van der Waals surface area contributed by atoms with Crippen molar-refractivity contribution in [1.29, 1.82) is 0 Å². The van der Waals surface area contributed by atoms with Crippen molar-refractivity contribution >= 4 is 45.1 Å². The first-order valence-electron chi connectivity index (χ1n) is 8.49. The second-order valence-electron chi connectivity index (χ2n) is 6.35. The van der Waals surface area contributed by atoms with Crippen LogP contribution in [-0.2, 0) is 9.53 Å². The maximum atomic E-state index is 12.7. The van der Waals surface area contributed by atoms with Gasteiger partial charge in [0, 0.05) is 10.9 Å². The predicted octanol–water partition coefficient (Wildman–Crippen LogP) is 4.52. The van der Waals surface area contributed by atoms with Crippen molar-refractivity contribution in [3.8, 4) is 0 Å². The van der Waals surface area contributed by atoms with Crippen molar-refractivity contribution in [2.45, 2.75) is 38.8 Å². The van der Waals surface area contributed by atoms with Crippen molar-refractivity contribution in [3.05, 3.63) is 52.2 Å². The van der Waals surface area contributed by atoms with Gasteiger partial charge >= 0.3 is 5.97 Å². The Labute approximate surface area is 166 Å². The Morgan fingerprint density at radius 3 is 2.67 bits per heavy atom. The Kier molecular flexibility index (Phi) is 5.92. The van der Waals surface area contributed by atoms with E-state index in [4.69, 9.17) is 4.74 Å². The van der Waals surface area contributed by atoms with E-state index >= 15 is 0 Å². The molecule has 7 heteroatoms. The van der Waals surface area contributed by atoms with Gasteiger partial charge in [0.25, 0.3) is 0 Å². The maximum absolute atomic E-state index is 12.7. The topological polar surface area (TPSA) is 69.2 Å². The highest BCUT2D eigenvalue weighted by Crippen LogP contribution is 2.27. The lowest BCUT2D eigenvalue weighted by atomic mass is 9.96. The largest absolute Gasteiger partial charge is 0.454 e. The van der Waals surface area contributed by atoms with Crippen LogP contribution in [0.1, 0.15) is 34.0 Å². The Hall–Kier alpha value is -2.25. The van der Waals surface area contributed by atoms with Crippen LogP contribution in [0.15, 0.2) is 34.9 Å². The first-order valence-corrected chi connectivity index (χ1v) is 10.4. The number of aryl methyl sites for hydroxylation is 3. The van der Waals surface area contributed by atoms with Crippen molar-refractivity contribution in [2.24, 2.45) is 0 Å². The van der Waals surface area contributed by atoms with Crippen LogP contribution in [0.4, 0.5) is 0 Å². The van der Waals surface area contributed by atoms with E-state index in [-0.39, 0.29) is 11.5 Å². The minimum atomic E-state index is -0.828. The van der Waals surface area contributed by atoms with E-state index in [1.807, 2.05) is 44.4 Å². The molecule has 0 aliphatic carbocycles. The first kappa shape index (κ1) is 19.5. The number of ether oxygens (including phenoxy) is 1. The van der Waals surface area contributed by atoms with Gasteiger partial charge in [0.05, 0.1) is 5.75 Å². The molecule has 0 radical (unpaired) electrons. The Morgan fingerprint density at radius 1 is 1.15 bits per heavy atom. The molecule has 0 bridgehead atoms. The van der Waals surface area contributed by atoms with Crippen molar-refractivity contribution < 1.29 is 14.3 Å². The quantitative estimate of drug-likeness (QED) is 0.262. The summed E-state index contributed by atoms with van der Waals surface area (Å²) in [7, 11) is 0. The number of thiophene rings is 1. The van der Waals surface area contributed by atoms with Crippen molar-refractivity contribution in [2.75, 3.05) is 5.75 Å². The average molecular weight is 401 g/mol. The van der Waals surface area contributed by atoms with E-state index in [9.17, 15) is 9.59 Å². The Balaban J connectivity index is 1.63. The molecule has 27 heavy (non-hydrogen) atoms. The number of nitrogens with zero attached hydrogens (tertiary/aromatic N) is 2. The van der Waals surface area contributed by atoms with Crippen LogP contribution in [-0.4, -0.2) is 33.6 Å². The monoisotopic (exact) mass is 400 g/mol. The number of carbonyl (C=O) groups excluding carboxylic acids is 2. The zero-order chi connectivity index (χ0) is 19.6. The van der Waals surface area contributed by atoms with E-state index in [1.165, 1.54) is 29.4 Å². The Bertz CT molecular complexity index is 1010. The van der Waals surface area contributed by atoms with Crippen LogP contribution in [0.3, 0.4) is 0 Å². The molecule has 2 heterocycles. The number of Topliss-reactive ketones (excluding diaryl/α,β-unsaturated/α-hetero) is 1. The summed E-state index contributed by atoms with van der Waals surface area (Å²) >= 11 is 2.82. The second kappa shape index (κ2) is 8.19. The van der Waals surface area contributed by atoms with Gasteiger partial charge in [-0.15, -0.1) is 11.3 Å². The van der Waals surface area contributed by atoms with Gasteiger partial charge in [-0.2, -0.15) is 0 Å². The van der Waals surface area contributed by atoms with Crippen LogP contribution in [0.25, 0.3) is 10.2 Å². The molecule has 0 aliphatic heterocycles. The molecule has 140 valence electrons. The molecule has 0 fully saturated rings. The molecule has 0 spiro atoms. The summed E-state index contributed by atoms with van der Waals surface area (Å²) in [6.45, 7) is 7.48. The molecule has 0 unspecified atom stereocenters. The highest BCUT2D eigenvalue weighted by atomic mass is 32.2. The number of hydrogen-bond donors (Lipinski definition) is 0. The van der Waals surface area contributed by atoms with E-state index in [1.54, 1.807) is 6.92 Å². The Morgan fingerprint density at radius 2 is 1.89 bits per heavy atom. The number of carbonyl (C=O) groups is 2. The number of fused-ring (bicyclic) bond motifs is 1. The number of aromatic nitrogens is 2. The van der Waals surface area contributed by atoms with Gasteiger partial charge in [-0.25, -0.2) is 9.97 Å². The molecule has 0 saturated heterocycles. The number of thioether (sulfide) groups is 1. The number of hydrogen-bond acceptors (Lipinski definition) is 7. The fourth-order valence-corrected chi connectivity index (χ4v) is 4.30. The number of rotatable bonds is 6. The summed E-state index contributed by atoms with van der Waals surface area (Å²) in [6, 6.07) is 5.77. The molecular weight excluding hydrogens is 380 g/mol. The standard InChI is InChI=1S/C20H20N2O3S2/c1-11-7-13(3)16(8-12(11)2)18(24)14(4)25-17(23)9-27-20-15-5-6-26-19(15)21-10-22-20/h5-8,10,14H,9H2,1-4H3/t14-/m1/s1. The molecular formula is C20H20N2O3S2. The molecule has 1 aromatic carbocycles. The number of esters is 1. The maximum Gasteiger partial charge on any atom is 0.317 e. The summed E-state index contributed by atoms with van der Waals surface area (Å²) in [5, 5.41) is 3.60. The lowest BCUT2D eigenvalue weighted by Gasteiger charge is -2.15. The summed E-state index contributed by atoms with van der Waals surface area (Å²) in [5.74, 6) is -0.536. The molecule has 0 N–H and O–H groups in total. The number of ketones is 1. The summed E-state index contributed by atoms with van der Waals surface area (Å²) in [4.78, 5) is 34.2. The molecule has 2 aromatic heterocycles. The second-order valence-corrected chi connectivity index (χ2v) is 8.21. The predicted molar refractivity (Wildman–Crippen MR) is 109 cm³/mol. The van der Waals surface area contributed by atoms with Gasteiger partial charge in [-0.1, -0.05) is 17.8 Å². The van der Waals surface area contributed by atoms with Gasteiger partial charge < -0.3 is 4.74 Å². The highest BCUT2D eigenvalue weighted by molar-refractivity contribution is 8.00. The van der Waals surface area contributed by atoms with Crippen molar-refractivity contribution in [1.82, 2.24) is 9.97 Å². The van der Waals surface area contributed by atoms with E-state index < -0.39 is 12.1 Å². The van der Waals surface area contributed by atoms with Gasteiger partial charge in [-0.3, -0.25) is 9.59 Å². The minimum Gasteiger partial charge on any atom is -0.454 e. The lowest BCUT2D eigenvalue weighted by Crippen LogP contribution is -2.26. The third-order valence-corrected chi connectivity index (χ3v) is 6.14. The zero-order valence-electron chi connectivity index (χ0n) is 15.6. The average Bonchev–Trinajstić information content (AvgIpc) is 3.11. The minimum absolute atomic E-state index is 0.0888.